The molecule has 0 saturated carbocycles. The van der Waals surface area contributed by atoms with Crippen LogP contribution in [0.5, 0.6) is 0 Å². The zero-order chi connectivity index (χ0) is 12.1. The lowest BCUT2D eigenvalue weighted by Gasteiger charge is -2.04. The van der Waals surface area contributed by atoms with E-state index in [0.29, 0.717) is 0 Å². The molecule has 0 rings (SSSR count). The first-order valence-corrected chi connectivity index (χ1v) is 8.19. The van der Waals surface area contributed by atoms with E-state index in [2.05, 4.69) is 23.1 Å². The van der Waals surface area contributed by atoms with E-state index in [9.17, 15) is 0 Å². The number of hydrogen-bond donors (Lipinski definition) is 0. The zero-order valence-corrected chi connectivity index (χ0v) is 12.8. The number of rotatable bonds is 12. The second-order valence-corrected chi connectivity index (χ2v) is 6.44. The lowest BCUT2D eigenvalue weighted by molar-refractivity contribution is 0.544. The van der Waals surface area contributed by atoms with Gasteiger partial charge < -0.3 is 0 Å². The molecule has 0 aliphatic carbocycles. The van der Waals surface area contributed by atoms with Crippen LogP contribution in [0.15, 0.2) is 0 Å². The van der Waals surface area contributed by atoms with Crippen LogP contribution in [0.25, 0.3) is 0 Å². The van der Waals surface area contributed by atoms with Crippen LogP contribution in [-0.2, 0) is 0 Å². The van der Waals surface area contributed by atoms with Gasteiger partial charge in [0.25, 0.3) is 0 Å². The number of unbranched alkanes of at least 4 members (excludes halogenated alkanes) is 10. The summed E-state index contributed by atoms with van der Waals surface area (Å²) in [7, 11) is 2.89. The first kappa shape index (κ1) is 16.4. The van der Waals surface area contributed by atoms with E-state index in [1.165, 1.54) is 77.0 Å². The van der Waals surface area contributed by atoms with Gasteiger partial charge in [-0.15, -0.1) is 9.24 Å². The van der Waals surface area contributed by atoms with E-state index in [-0.39, 0.29) is 0 Å². The fraction of sp³-hybridized carbons (Fsp3) is 1.00. The van der Waals surface area contributed by atoms with E-state index < -0.39 is 0 Å². The van der Waals surface area contributed by atoms with Gasteiger partial charge in [0.2, 0.25) is 0 Å². The molecular weight excluding hydrogens is 211 g/mol. The Morgan fingerprint density at radius 3 is 1.44 bits per heavy atom. The maximum absolute atomic E-state index is 2.89. The van der Waals surface area contributed by atoms with Gasteiger partial charge in [0.1, 0.15) is 0 Å². The van der Waals surface area contributed by atoms with Gasteiger partial charge in [0, 0.05) is 0 Å². The van der Waals surface area contributed by atoms with Crippen molar-refractivity contribution >= 4 is 9.24 Å². The Labute approximate surface area is 106 Å². The molecule has 0 aliphatic heterocycles. The van der Waals surface area contributed by atoms with Crippen molar-refractivity contribution in [3.8, 4) is 0 Å². The highest BCUT2D eigenvalue weighted by Gasteiger charge is 1.95. The molecule has 0 amide bonds. The summed E-state index contributed by atoms with van der Waals surface area (Å²) < 4.78 is 0. The molecule has 0 saturated heterocycles. The lowest BCUT2D eigenvalue weighted by Crippen LogP contribution is -1.89. The van der Waals surface area contributed by atoms with Gasteiger partial charge in [-0.2, -0.15) is 0 Å². The van der Waals surface area contributed by atoms with Crippen LogP contribution in [0, 0.1) is 0 Å². The molecular formula is C15H33P. The van der Waals surface area contributed by atoms with Crippen LogP contribution in [0.3, 0.4) is 0 Å². The summed E-state index contributed by atoms with van der Waals surface area (Å²) in [5.41, 5.74) is 0.818. The molecule has 0 heterocycles. The summed E-state index contributed by atoms with van der Waals surface area (Å²) >= 11 is 0. The molecule has 0 aromatic heterocycles. The first-order chi connectivity index (χ1) is 7.77. The highest BCUT2D eigenvalue weighted by Crippen LogP contribution is 2.14. The summed E-state index contributed by atoms with van der Waals surface area (Å²) in [6, 6.07) is 0. The van der Waals surface area contributed by atoms with Crippen LogP contribution in [-0.4, -0.2) is 5.66 Å². The van der Waals surface area contributed by atoms with E-state index in [1.54, 1.807) is 0 Å². The molecule has 0 radical (unpaired) electrons. The molecule has 2 atom stereocenters. The average Bonchev–Trinajstić information content (AvgIpc) is 2.25. The summed E-state index contributed by atoms with van der Waals surface area (Å²) in [5.74, 6) is 0. The van der Waals surface area contributed by atoms with Crippen LogP contribution < -0.4 is 0 Å². The zero-order valence-electron chi connectivity index (χ0n) is 11.6. The SMILES string of the molecule is CCCCCCCCCCCCCC(C)P. The quantitative estimate of drug-likeness (QED) is 0.294. The van der Waals surface area contributed by atoms with Gasteiger partial charge in [0.15, 0.2) is 0 Å². The van der Waals surface area contributed by atoms with Crippen molar-refractivity contribution in [2.45, 2.75) is 96.6 Å². The smallest absolute Gasteiger partial charge is 0.0293 e. The minimum Gasteiger partial charge on any atom is -0.135 e. The van der Waals surface area contributed by atoms with Gasteiger partial charge in [-0.3, -0.25) is 0 Å². The Kier molecular flexibility index (Phi) is 13.9. The van der Waals surface area contributed by atoms with Crippen molar-refractivity contribution in [1.82, 2.24) is 0 Å². The molecule has 16 heavy (non-hydrogen) atoms. The topological polar surface area (TPSA) is 0 Å². The van der Waals surface area contributed by atoms with Gasteiger partial charge in [0.05, 0.1) is 0 Å². The van der Waals surface area contributed by atoms with Crippen molar-refractivity contribution in [1.29, 1.82) is 0 Å². The Morgan fingerprint density at radius 2 is 1.06 bits per heavy atom. The molecule has 0 nitrogen and oxygen atoms in total. The second-order valence-electron chi connectivity index (χ2n) is 5.30. The molecule has 0 N–H and O–H groups in total. The fourth-order valence-corrected chi connectivity index (χ4v) is 2.37. The average molecular weight is 244 g/mol. The largest absolute Gasteiger partial charge is 0.135 e. The fourth-order valence-electron chi connectivity index (χ4n) is 2.13. The molecule has 2 unspecified atom stereocenters. The van der Waals surface area contributed by atoms with Crippen molar-refractivity contribution in [3.05, 3.63) is 0 Å². The molecule has 0 aromatic carbocycles. The third-order valence-electron chi connectivity index (χ3n) is 3.26. The number of hydrogen-bond acceptors (Lipinski definition) is 0. The Morgan fingerprint density at radius 1 is 0.688 bits per heavy atom. The summed E-state index contributed by atoms with van der Waals surface area (Å²) in [4.78, 5) is 0. The minimum atomic E-state index is 0.818. The van der Waals surface area contributed by atoms with Gasteiger partial charge in [-0.1, -0.05) is 84.5 Å². The van der Waals surface area contributed by atoms with E-state index in [4.69, 9.17) is 0 Å². The molecule has 0 aliphatic rings. The predicted molar refractivity (Wildman–Crippen MR) is 80.3 cm³/mol. The lowest BCUT2D eigenvalue weighted by atomic mass is 10.0. The van der Waals surface area contributed by atoms with Gasteiger partial charge in [-0.25, -0.2) is 0 Å². The standard InChI is InChI=1S/C15H33P/c1-3-4-5-6-7-8-9-10-11-12-13-14-15(2)16/h15H,3-14,16H2,1-2H3. The third-order valence-corrected chi connectivity index (χ3v) is 3.60. The monoisotopic (exact) mass is 244 g/mol. The maximum atomic E-state index is 2.89. The second kappa shape index (κ2) is 13.5. The summed E-state index contributed by atoms with van der Waals surface area (Å²) in [5, 5.41) is 0. The molecule has 1 heteroatoms. The van der Waals surface area contributed by atoms with Crippen molar-refractivity contribution < 1.29 is 0 Å². The van der Waals surface area contributed by atoms with E-state index in [1.807, 2.05) is 0 Å². The normalized spacial score (nSPS) is 12.9. The molecule has 0 spiro atoms. The maximum Gasteiger partial charge on any atom is -0.0293 e. The van der Waals surface area contributed by atoms with Crippen LogP contribution >= 0.6 is 9.24 Å². The minimum absolute atomic E-state index is 0.818. The molecule has 0 bridgehead atoms. The third kappa shape index (κ3) is 14.4. The van der Waals surface area contributed by atoms with Crippen molar-refractivity contribution in [3.63, 3.8) is 0 Å². The van der Waals surface area contributed by atoms with Crippen LogP contribution in [0.2, 0.25) is 0 Å². The summed E-state index contributed by atoms with van der Waals surface area (Å²) in [6.45, 7) is 4.58. The highest BCUT2D eigenvalue weighted by molar-refractivity contribution is 7.17. The molecule has 0 fully saturated rings. The van der Waals surface area contributed by atoms with Crippen LogP contribution in [0.4, 0.5) is 0 Å². The van der Waals surface area contributed by atoms with E-state index in [0.717, 1.165) is 5.66 Å². The Balaban J connectivity index is 2.88. The molecule has 0 aromatic rings. The van der Waals surface area contributed by atoms with Gasteiger partial charge in [-0.05, 0) is 12.1 Å². The summed E-state index contributed by atoms with van der Waals surface area (Å²) in [6.07, 6.45) is 17.4. The van der Waals surface area contributed by atoms with Crippen molar-refractivity contribution in [2.75, 3.05) is 0 Å². The van der Waals surface area contributed by atoms with Gasteiger partial charge >= 0.3 is 0 Å². The van der Waals surface area contributed by atoms with Crippen LogP contribution in [0.1, 0.15) is 90.9 Å². The Hall–Kier alpha value is 0.430. The Bertz CT molecular complexity index is 121. The van der Waals surface area contributed by atoms with E-state index >= 15 is 0 Å². The first-order valence-electron chi connectivity index (χ1n) is 7.53. The predicted octanol–water partition coefficient (Wildman–Crippen LogP) is 5.95. The van der Waals surface area contributed by atoms with Crippen molar-refractivity contribution in [2.24, 2.45) is 0 Å². The highest BCUT2D eigenvalue weighted by atomic mass is 31.0. The molecule has 98 valence electrons.